The highest BCUT2D eigenvalue weighted by atomic mass is 14.9. The minimum Gasteiger partial charge on any atom is -0.388 e. The van der Waals surface area contributed by atoms with Gasteiger partial charge in [0, 0.05) is 12.2 Å². The number of rotatable bonds is 0. The van der Waals surface area contributed by atoms with Gasteiger partial charge >= 0.3 is 0 Å². The van der Waals surface area contributed by atoms with E-state index in [1.54, 1.807) is 0 Å². The van der Waals surface area contributed by atoms with Gasteiger partial charge in [-0.25, -0.2) is 0 Å². The Morgan fingerprint density at radius 2 is 2.10 bits per heavy atom. The summed E-state index contributed by atoms with van der Waals surface area (Å²) in [6.45, 7) is 11.9. The molecule has 0 aromatic heterocycles. The molecule has 1 unspecified atom stereocenters. The summed E-state index contributed by atoms with van der Waals surface area (Å²) in [6, 6.07) is 0. The van der Waals surface area contributed by atoms with E-state index in [2.05, 4.69) is 32.7 Å². The highest BCUT2D eigenvalue weighted by Crippen LogP contribution is 2.32. The molecule has 0 bridgehead atoms. The van der Waals surface area contributed by atoms with Crippen LogP contribution in [0.5, 0.6) is 0 Å². The van der Waals surface area contributed by atoms with Gasteiger partial charge in [-0.15, -0.1) is 0 Å². The molecule has 1 atom stereocenters. The van der Waals surface area contributed by atoms with Gasteiger partial charge in [-0.2, -0.15) is 0 Å². The Labute approximate surface area is 63.5 Å². The first-order valence-electron chi connectivity index (χ1n) is 3.92. The Bertz CT molecular complexity index is 141. The number of allylic oxidation sites excluding steroid dienone is 1. The van der Waals surface area contributed by atoms with Crippen molar-refractivity contribution in [3.8, 4) is 0 Å². The van der Waals surface area contributed by atoms with Gasteiger partial charge in [0.15, 0.2) is 0 Å². The average molecular weight is 139 g/mol. The highest BCUT2D eigenvalue weighted by Gasteiger charge is 2.28. The summed E-state index contributed by atoms with van der Waals surface area (Å²) in [7, 11) is 0. The molecule has 1 aliphatic heterocycles. The molecule has 0 aromatic carbocycles. The van der Waals surface area contributed by atoms with E-state index in [1.165, 1.54) is 5.70 Å². The van der Waals surface area contributed by atoms with Crippen LogP contribution in [0, 0.1) is 11.3 Å². The maximum Gasteiger partial charge on any atom is 0.0180 e. The Balaban J connectivity index is 2.53. The van der Waals surface area contributed by atoms with Gasteiger partial charge in [0.25, 0.3) is 0 Å². The minimum atomic E-state index is 0.437. The van der Waals surface area contributed by atoms with E-state index >= 15 is 0 Å². The van der Waals surface area contributed by atoms with E-state index in [4.69, 9.17) is 0 Å². The Morgan fingerprint density at radius 1 is 1.50 bits per heavy atom. The fourth-order valence-electron chi connectivity index (χ4n) is 1.32. The van der Waals surface area contributed by atoms with Crippen molar-refractivity contribution in [1.29, 1.82) is 0 Å². The summed E-state index contributed by atoms with van der Waals surface area (Å²) in [5, 5.41) is 3.28. The predicted molar refractivity (Wildman–Crippen MR) is 44.7 cm³/mol. The van der Waals surface area contributed by atoms with E-state index in [1.807, 2.05) is 0 Å². The molecular formula is C9H17N. The third-order valence-corrected chi connectivity index (χ3v) is 2.32. The molecule has 1 nitrogen and oxygen atoms in total. The molecular weight excluding hydrogens is 122 g/mol. The zero-order valence-electron chi connectivity index (χ0n) is 7.20. The second-order valence-electron chi connectivity index (χ2n) is 4.25. The van der Waals surface area contributed by atoms with Crippen molar-refractivity contribution in [2.45, 2.75) is 27.2 Å². The van der Waals surface area contributed by atoms with Crippen molar-refractivity contribution in [1.82, 2.24) is 5.32 Å². The van der Waals surface area contributed by atoms with Gasteiger partial charge in [0.2, 0.25) is 0 Å². The lowest BCUT2D eigenvalue weighted by Crippen LogP contribution is -2.22. The summed E-state index contributed by atoms with van der Waals surface area (Å²) >= 11 is 0. The second-order valence-corrected chi connectivity index (χ2v) is 4.25. The third-order valence-electron chi connectivity index (χ3n) is 2.32. The first-order valence-corrected chi connectivity index (χ1v) is 3.92. The summed E-state index contributed by atoms with van der Waals surface area (Å²) < 4.78 is 0. The fraction of sp³-hybridized carbons (Fsp3) is 0.778. The Morgan fingerprint density at radius 3 is 2.30 bits per heavy atom. The lowest BCUT2D eigenvalue weighted by atomic mass is 9.80. The van der Waals surface area contributed by atoms with Crippen molar-refractivity contribution >= 4 is 0 Å². The maximum absolute atomic E-state index is 3.91. The molecule has 1 fully saturated rings. The molecule has 1 heterocycles. The van der Waals surface area contributed by atoms with Crippen molar-refractivity contribution in [2.24, 2.45) is 11.3 Å². The molecule has 0 radical (unpaired) electrons. The van der Waals surface area contributed by atoms with Crippen LogP contribution in [0.4, 0.5) is 0 Å². The Hall–Kier alpha value is -0.460. The number of hydrogen-bond donors (Lipinski definition) is 1. The zero-order chi connectivity index (χ0) is 7.78. The molecule has 58 valence electrons. The summed E-state index contributed by atoms with van der Waals surface area (Å²) in [4.78, 5) is 0. The van der Waals surface area contributed by atoms with Crippen LogP contribution in [-0.2, 0) is 0 Å². The van der Waals surface area contributed by atoms with E-state index in [-0.39, 0.29) is 0 Å². The number of hydrogen-bond acceptors (Lipinski definition) is 1. The van der Waals surface area contributed by atoms with Gasteiger partial charge in [0.1, 0.15) is 0 Å². The molecule has 1 heteroatoms. The van der Waals surface area contributed by atoms with Crippen LogP contribution in [-0.4, -0.2) is 6.54 Å². The monoisotopic (exact) mass is 139 g/mol. The van der Waals surface area contributed by atoms with E-state index in [0.717, 1.165) is 18.9 Å². The largest absolute Gasteiger partial charge is 0.388 e. The van der Waals surface area contributed by atoms with Crippen LogP contribution >= 0.6 is 0 Å². The van der Waals surface area contributed by atoms with Crippen LogP contribution in [0.2, 0.25) is 0 Å². The molecule has 1 rings (SSSR count). The van der Waals surface area contributed by atoms with E-state index in [9.17, 15) is 0 Å². The second kappa shape index (κ2) is 2.30. The molecule has 0 spiro atoms. The van der Waals surface area contributed by atoms with Crippen molar-refractivity contribution < 1.29 is 0 Å². The summed E-state index contributed by atoms with van der Waals surface area (Å²) in [6.07, 6.45) is 1.16. The van der Waals surface area contributed by atoms with Crippen LogP contribution < -0.4 is 5.32 Å². The molecule has 1 saturated heterocycles. The smallest absolute Gasteiger partial charge is 0.0180 e. The first-order chi connectivity index (χ1) is 4.50. The van der Waals surface area contributed by atoms with Gasteiger partial charge in [-0.1, -0.05) is 27.4 Å². The quantitative estimate of drug-likeness (QED) is 0.542. The summed E-state index contributed by atoms with van der Waals surface area (Å²) in [5.74, 6) is 0.778. The average Bonchev–Trinajstić information content (AvgIpc) is 2.11. The fourth-order valence-corrected chi connectivity index (χ4v) is 1.32. The van der Waals surface area contributed by atoms with Crippen molar-refractivity contribution in [3.05, 3.63) is 12.3 Å². The molecule has 1 aliphatic rings. The standard InChI is InChI=1S/C9H17N/c1-7-5-8(6-10-7)9(2,3)4/h8,10H,1,5-6H2,2-4H3. The van der Waals surface area contributed by atoms with Gasteiger partial charge in [0.05, 0.1) is 0 Å². The molecule has 0 saturated carbocycles. The van der Waals surface area contributed by atoms with Gasteiger partial charge < -0.3 is 5.32 Å². The SMILES string of the molecule is C=C1CC(C(C)(C)C)CN1. The topological polar surface area (TPSA) is 12.0 Å². The minimum absolute atomic E-state index is 0.437. The van der Waals surface area contributed by atoms with E-state index in [0.29, 0.717) is 5.41 Å². The lowest BCUT2D eigenvalue weighted by Gasteiger charge is -2.25. The molecule has 0 amide bonds. The van der Waals surface area contributed by atoms with Gasteiger partial charge in [-0.05, 0) is 17.8 Å². The molecule has 0 aromatic rings. The number of nitrogens with one attached hydrogen (secondary N) is 1. The predicted octanol–water partition coefficient (Wildman–Crippen LogP) is 2.16. The Kier molecular flexibility index (Phi) is 1.76. The zero-order valence-corrected chi connectivity index (χ0v) is 7.20. The molecule has 1 N–H and O–H groups in total. The maximum atomic E-state index is 3.91. The first kappa shape index (κ1) is 7.64. The highest BCUT2D eigenvalue weighted by molar-refractivity contribution is 5.02. The van der Waals surface area contributed by atoms with Crippen LogP contribution in [0.3, 0.4) is 0 Å². The van der Waals surface area contributed by atoms with Gasteiger partial charge in [-0.3, -0.25) is 0 Å². The van der Waals surface area contributed by atoms with Crippen LogP contribution in [0.1, 0.15) is 27.2 Å². The lowest BCUT2D eigenvalue weighted by molar-refractivity contribution is 0.263. The van der Waals surface area contributed by atoms with Crippen molar-refractivity contribution in [3.63, 3.8) is 0 Å². The van der Waals surface area contributed by atoms with E-state index < -0.39 is 0 Å². The van der Waals surface area contributed by atoms with Crippen molar-refractivity contribution in [2.75, 3.05) is 6.54 Å². The molecule has 10 heavy (non-hydrogen) atoms. The van der Waals surface area contributed by atoms with Crippen LogP contribution in [0.25, 0.3) is 0 Å². The third kappa shape index (κ3) is 1.53. The normalized spacial score (nSPS) is 26.7. The van der Waals surface area contributed by atoms with Crippen LogP contribution in [0.15, 0.2) is 12.3 Å². The molecule has 0 aliphatic carbocycles. The summed E-state index contributed by atoms with van der Waals surface area (Å²) in [5.41, 5.74) is 1.65.